The molecule has 6 heteroatoms. The summed E-state index contributed by atoms with van der Waals surface area (Å²) in [6.07, 6.45) is 4.74. The maximum atomic E-state index is 12.9. The lowest BCUT2D eigenvalue weighted by atomic mass is 9.94. The van der Waals surface area contributed by atoms with Crippen molar-refractivity contribution in [3.63, 3.8) is 0 Å². The molecule has 0 saturated heterocycles. The Hall–Kier alpha value is -2.89. The summed E-state index contributed by atoms with van der Waals surface area (Å²) in [4.78, 5) is 39.6. The molecule has 0 aliphatic heterocycles. The lowest BCUT2D eigenvalue weighted by molar-refractivity contribution is 0.0524. The molecule has 0 radical (unpaired) electrons. The number of carbonyl (C=O) groups excluding carboxylic acids is 2. The standard InChI is InChI=1S/C21H26N2O4/c1-7-23-12-16(21(26)27-8-2)20(25)15-11-13(3)18(14(4)19(15)23)17(24)9-10-22(5)6/h9-12H,7-8H2,1-6H3/b10-9+. The summed E-state index contributed by atoms with van der Waals surface area (Å²) >= 11 is 0. The molecule has 6 nitrogen and oxygen atoms in total. The van der Waals surface area contributed by atoms with E-state index in [1.165, 1.54) is 12.3 Å². The first-order valence-electron chi connectivity index (χ1n) is 8.96. The van der Waals surface area contributed by atoms with E-state index < -0.39 is 5.97 Å². The van der Waals surface area contributed by atoms with E-state index in [-0.39, 0.29) is 23.4 Å². The number of nitrogens with zero attached hydrogens (tertiary/aromatic N) is 2. The van der Waals surface area contributed by atoms with Crippen molar-refractivity contribution >= 4 is 22.7 Å². The van der Waals surface area contributed by atoms with Gasteiger partial charge in [0.05, 0.1) is 12.1 Å². The van der Waals surface area contributed by atoms with E-state index >= 15 is 0 Å². The minimum absolute atomic E-state index is 0.0107. The highest BCUT2D eigenvalue weighted by atomic mass is 16.5. The van der Waals surface area contributed by atoms with Crippen molar-refractivity contribution in [2.24, 2.45) is 0 Å². The number of allylic oxidation sites excluding steroid dienone is 1. The molecule has 1 aromatic carbocycles. The number of ketones is 1. The van der Waals surface area contributed by atoms with E-state index in [1.54, 1.807) is 31.0 Å². The van der Waals surface area contributed by atoms with Gasteiger partial charge < -0.3 is 14.2 Å². The highest BCUT2D eigenvalue weighted by Crippen LogP contribution is 2.25. The number of fused-ring (bicyclic) bond motifs is 1. The summed E-state index contributed by atoms with van der Waals surface area (Å²) in [5.41, 5.74) is 2.31. The quantitative estimate of drug-likeness (QED) is 0.444. The number of hydrogen-bond donors (Lipinski definition) is 0. The molecule has 144 valence electrons. The van der Waals surface area contributed by atoms with Crippen LogP contribution in [-0.2, 0) is 11.3 Å². The zero-order valence-corrected chi connectivity index (χ0v) is 16.8. The van der Waals surface area contributed by atoms with Crippen LogP contribution in [0.4, 0.5) is 0 Å². The lowest BCUT2D eigenvalue weighted by Crippen LogP contribution is -2.22. The van der Waals surface area contributed by atoms with Gasteiger partial charge in [-0.25, -0.2) is 4.79 Å². The first kappa shape index (κ1) is 20.4. The number of rotatable bonds is 6. The molecule has 0 spiro atoms. The molecule has 1 aromatic heterocycles. The summed E-state index contributed by atoms with van der Waals surface area (Å²) in [7, 11) is 3.69. The third-order valence-corrected chi connectivity index (χ3v) is 4.41. The zero-order chi connectivity index (χ0) is 20.3. The number of ether oxygens (including phenoxy) is 1. The van der Waals surface area contributed by atoms with Crippen LogP contribution in [0.1, 0.15) is 45.7 Å². The zero-order valence-electron chi connectivity index (χ0n) is 16.8. The van der Waals surface area contributed by atoms with Crippen molar-refractivity contribution < 1.29 is 14.3 Å². The second-order valence-electron chi connectivity index (χ2n) is 6.61. The van der Waals surface area contributed by atoms with Gasteiger partial charge in [-0.15, -0.1) is 0 Å². The molecule has 0 unspecified atom stereocenters. The third-order valence-electron chi connectivity index (χ3n) is 4.41. The summed E-state index contributed by atoms with van der Waals surface area (Å²) in [6, 6.07) is 1.69. The molecule has 0 atom stereocenters. The summed E-state index contributed by atoms with van der Waals surface area (Å²) in [6.45, 7) is 8.01. The first-order chi connectivity index (χ1) is 12.7. The van der Waals surface area contributed by atoms with Gasteiger partial charge >= 0.3 is 5.97 Å². The maximum Gasteiger partial charge on any atom is 0.343 e. The Balaban J connectivity index is 2.81. The van der Waals surface area contributed by atoms with E-state index in [2.05, 4.69) is 0 Å². The number of esters is 1. The molecular formula is C21H26N2O4. The van der Waals surface area contributed by atoms with Gasteiger partial charge in [-0.3, -0.25) is 9.59 Å². The molecule has 0 amide bonds. The van der Waals surface area contributed by atoms with Crippen LogP contribution in [0.5, 0.6) is 0 Å². The van der Waals surface area contributed by atoms with Gasteiger partial charge in [0, 0.05) is 50.1 Å². The first-order valence-corrected chi connectivity index (χ1v) is 8.96. The largest absolute Gasteiger partial charge is 0.462 e. The van der Waals surface area contributed by atoms with Crippen molar-refractivity contribution in [3.8, 4) is 0 Å². The van der Waals surface area contributed by atoms with Crippen molar-refractivity contribution in [3.05, 3.63) is 57.0 Å². The highest BCUT2D eigenvalue weighted by molar-refractivity contribution is 6.09. The molecule has 2 aromatic rings. The van der Waals surface area contributed by atoms with Gasteiger partial charge in [-0.2, -0.15) is 0 Å². The van der Waals surface area contributed by atoms with E-state index in [1.807, 2.05) is 32.5 Å². The molecular weight excluding hydrogens is 344 g/mol. The van der Waals surface area contributed by atoms with Crippen LogP contribution >= 0.6 is 0 Å². The topological polar surface area (TPSA) is 68.6 Å². The molecule has 27 heavy (non-hydrogen) atoms. The van der Waals surface area contributed by atoms with E-state index in [0.717, 1.165) is 5.56 Å². The number of benzene rings is 1. The van der Waals surface area contributed by atoms with E-state index in [0.29, 0.717) is 28.6 Å². The molecule has 0 N–H and O–H groups in total. The van der Waals surface area contributed by atoms with Gasteiger partial charge in [-0.1, -0.05) is 0 Å². The molecule has 0 aliphatic carbocycles. The van der Waals surface area contributed by atoms with E-state index in [4.69, 9.17) is 4.74 Å². The molecule has 0 aliphatic rings. The summed E-state index contributed by atoms with van der Waals surface area (Å²) in [5.74, 6) is -0.749. The van der Waals surface area contributed by atoms with Crippen molar-refractivity contribution in [2.75, 3.05) is 20.7 Å². The average Bonchev–Trinajstić information content (AvgIpc) is 2.60. The second kappa shape index (κ2) is 8.20. The van der Waals surface area contributed by atoms with Crippen LogP contribution < -0.4 is 5.43 Å². The minimum atomic E-state index is -0.629. The molecule has 0 bridgehead atoms. The fourth-order valence-corrected chi connectivity index (χ4v) is 3.22. The van der Waals surface area contributed by atoms with Crippen molar-refractivity contribution in [2.45, 2.75) is 34.2 Å². The number of hydrogen-bond acceptors (Lipinski definition) is 5. The Morgan fingerprint density at radius 3 is 2.44 bits per heavy atom. The summed E-state index contributed by atoms with van der Waals surface area (Å²) < 4.78 is 6.84. The van der Waals surface area contributed by atoms with Crippen LogP contribution in [0, 0.1) is 13.8 Å². The Kier molecular flexibility index (Phi) is 6.20. The Labute approximate surface area is 159 Å². The number of carbonyl (C=O) groups is 2. The summed E-state index contributed by atoms with van der Waals surface area (Å²) in [5, 5.41) is 0.422. The predicted octanol–water partition coefficient (Wildman–Crippen LogP) is 3.07. The Morgan fingerprint density at radius 2 is 1.89 bits per heavy atom. The van der Waals surface area contributed by atoms with Crippen molar-refractivity contribution in [1.82, 2.24) is 9.47 Å². The number of pyridine rings is 1. The Morgan fingerprint density at radius 1 is 1.22 bits per heavy atom. The monoisotopic (exact) mass is 370 g/mol. The van der Waals surface area contributed by atoms with Crippen molar-refractivity contribution in [1.29, 1.82) is 0 Å². The number of aromatic nitrogens is 1. The van der Waals surface area contributed by atoms with Crippen LogP contribution in [-0.4, -0.2) is 41.9 Å². The molecule has 2 rings (SSSR count). The van der Waals surface area contributed by atoms with E-state index in [9.17, 15) is 14.4 Å². The maximum absolute atomic E-state index is 12.9. The van der Waals surface area contributed by atoms with Crippen LogP contribution in [0.25, 0.3) is 10.9 Å². The molecule has 0 saturated carbocycles. The van der Waals surface area contributed by atoms with Gasteiger partial charge in [0.1, 0.15) is 5.56 Å². The van der Waals surface area contributed by atoms with Gasteiger partial charge in [0.2, 0.25) is 5.43 Å². The van der Waals surface area contributed by atoms with Gasteiger partial charge in [-0.05, 0) is 44.9 Å². The van der Waals surface area contributed by atoms with Crippen LogP contribution in [0.15, 0.2) is 29.3 Å². The average molecular weight is 370 g/mol. The van der Waals surface area contributed by atoms with Gasteiger partial charge in [0.15, 0.2) is 5.78 Å². The highest BCUT2D eigenvalue weighted by Gasteiger charge is 2.21. The Bertz CT molecular complexity index is 984. The predicted molar refractivity (Wildman–Crippen MR) is 106 cm³/mol. The lowest BCUT2D eigenvalue weighted by Gasteiger charge is -2.17. The van der Waals surface area contributed by atoms with Crippen LogP contribution in [0.2, 0.25) is 0 Å². The smallest absolute Gasteiger partial charge is 0.343 e. The minimum Gasteiger partial charge on any atom is -0.462 e. The normalized spacial score (nSPS) is 11.2. The third kappa shape index (κ3) is 3.94. The molecule has 1 heterocycles. The fourth-order valence-electron chi connectivity index (χ4n) is 3.22. The fraction of sp³-hybridized carbons (Fsp3) is 0.381. The number of aryl methyl sites for hydroxylation is 3. The molecule has 0 fully saturated rings. The SMILES string of the molecule is CCOC(=O)c1cn(CC)c2c(C)c(C(=O)/C=C/N(C)C)c(C)cc2c1=O. The van der Waals surface area contributed by atoms with Gasteiger partial charge in [0.25, 0.3) is 0 Å². The second-order valence-corrected chi connectivity index (χ2v) is 6.61. The van der Waals surface area contributed by atoms with Crippen LogP contribution in [0.3, 0.4) is 0 Å².